The van der Waals surface area contributed by atoms with E-state index < -0.39 is 23.2 Å². The van der Waals surface area contributed by atoms with Crippen LogP contribution in [0.15, 0.2) is 18.2 Å². The maximum absolute atomic E-state index is 13.3. The number of ether oxygens (including phenoxy) is 1. The molecule has 2 N–H and O–H groups in total. The molecule has 0 saturated heterocycles. The van der Waals surface area contributed by atoms with Crippen molar-refractivity contribution in [3.63, 3.8) is 0 Å². The maximum atomic E-state index is 13.3. The second kappa shape index (κ2) is 7.81. The molecule has 3 amide bonds. The van der Waals surface area contributed by atoms with Crippen LogP contribution in [-0.2, 0) is 14.3 Å². The smallest absolute Gasteiger partial charge is 0.408 e. The van der Waals surface area contributed by atoms with E-state index in [9.17, 15) is 14.4 Å². The third kappa shape index (κ3) is 5.03. The van der Waals surface area contributed by atoms with Crippen molar-refractivity contribution in [1.29, 1.82) is 0 Å². The number of nitrogens with one attached hydrogen (secondary N) is 2. The largest absolute Gasteiger partial charge is 0.444 e. The number of hydrogen-bond donors (Lipinski definition) is 2. The van der Waals surface area contributed by atoms with Gasteiger partial charge in [-0.1, -0.05) is 26.8 Å². The lowest BCUT2D eigenvalue weighted by Gasteiger charge is -2.32. The number of aryl methyl sites for hydroxylation is 1. The van der Waals surface area contributed by atoms with Gasteiger partial charge < -0.3 is 20.3 Å². The molecule has 0 aliphatic carbocycles. The SMILES string of the molecule is CCC(C)(C)C(=O)N1CC(NC(=O)OC(C)(C)C)C(=O)Nc2cc(C)ccc21. The second-order valence-corrected chi connectivity index (χ2v) is 8.86. The second-order valence-electron chi connectivity index (χ2n) is 8.86. The Balaban J connectivity index is 2.39. The van der Waals surface area contributed by atoms with Crippen molar-refractivity contribution < 1.29 is 19.1 Å². The number of fused-ring (bicyclic) bond motifs is 1. The Morgan fingerprint density at radius 3 is 2.46 bits per heavy atom. The van der Waals surface area contributed by atoms with Crippen molar-refractivity contribution >= 4 is 29.3 Å². The van der Waals surface area contributed by atoms with Crippen LogP contribution in [0, 0.1) is 12.3 Å². The van der Waals surface area contributed by atoms with Gasteiger partial charge in [0.05, 0.1) is 17.9 Å². The zero-order valence-corrected chi connectivity index (χ0v) is 17.8. The summed E-state index contributed by atoms with van der Waals surface area (Å²) < 4.78 is 5.28. The summed E-state index contributed by atoms with van der Waals surface area (Å²) in [7, 11) is 0. The van der Waals surface area contributed by atoms with Gasteiger partial charge in [-0.15, -0.1) is 0 Å². The summed E-state index contributed by atoms with van der Waals surface area (Å²) in [5, 5.41) is 5.43. The summed E-state index contributed by atoms with van der Waals surface area (Å²) >= 11 is 0. The van der Waals surface area contributed by atoms with Gasteiger partial charge in [0.25, 0.3) is 0 Å². The Morgan fingerprint density at radius 2 is 1.89 bits per heavy atom. The molecule has 2 rings (SSSR count). The minimum absolute atomic E-state index is 0.0312. The van der Waals surface area contributed by atoms with Crippen LogP contribution in [0.4, 0.5) is 16.2 Å². The molecule has 1 unspecified atom stereocenters. The number of rotatable bonds is 3. The molecule has 0 bridgehead atoms. The molecule has 7 nitrogen and oxygen atoms in total. The Hall–Kier alpha value is -2.57. The first-order valence-corrected chi connectivity index (χ1v) is 9.57. The number of amides is 3. The first kappa shape index (κ1) is 21.7. The van der Waals surface area contributed by atoms with E-state index in [2.05, 4.69) is 10.6 Å². The third-order valence-electron chi connectivity index (χ3n) is 4.78. The van der Waals surface area contributed by atoms with E-state index in [1.807, 2.05) is 45.9 Å². The van der Waals surface area contributed by atoms with Crippen LogP contribution in [0.2, 0.25) is 0 Å². The molecule has 0 radical (unpaired) electrons. The van der Waals surface area contributed by atoms with Gasteiger partial charge in [0.2, 0.25) is 11.8 Å². The highest BCUT2D eigenvalue weighted by Gasteiger charge is 2.38. The monoisotopic (exact) mass is 389 g/mol. The number of carbonyl (C=O) groups is 3. The van der Waals surface area contributed by atoms with Crippen molar-refractivity contribution in [2.75, 3.05) is 16.8 Å². The molecule has 0 spiro atoms. The van der Waals surface area contributed by atoms with Gasteiger partial charge in [-0.25, -0.2) is 4.79 Å². The molecule has 1 aromatic rings. The fourth-order valence-electron chi connectivity index (χ4n) is 2.84. The summed E-state index contributed by atoms with van der Waals surface area (Å²) in [5.41, 5.74) is 0.842. The average Bonchev–Trinajstić information content (AvgIpc) is 2.69. The van der Waals surface area contributed by atoms with E-state index in [1.54, 1.807) is 25.7 Å². The lowest BCUT2D eigenvalue weighted by atomic mass is 9.88. The molecular weight excluding hydrogens is 358 g/mol. The lowest BCUT2D eigenvalue weighted by molar-refractivity contribution is -0.126. The molecule has 1 aliphatic heterocycles. The quantitative estimate of drug-likeness (QED) is 0.827. The van der Waals surface area contributed by atoms with E-state index in [4.69, 9.17) is 4.74 Å². The van der Waals surface area contributed by atoms with Crippen LogP contribution >= 0.6 is 0 Å². The van der Waals surface area contributed by atoms with Crippen LogP contribution in [0.1, 0.15) is 53.5 Å². The minimum atomic E-state index is -0.931. The standard InChI is InChI=1S/C21H31N3O4/c1-8-21(6,7)18(26)24-12-15(23-19(27)28-20(3,4)5)17(25)22-14-11-13(2)9-10-16(14)24/h9-11,15H,8,12H2,1-7H3,(H,22,25)(H,23,27). The van der Waals surface area contributed by atoms with Crippen molar-refractivity contribution in [1.82, 2.24) is 5.32 Å². The summed E-state index contributed by atoms with van der Waals surface area (Å²) in [6, 6.07) is 4.61. The van der Waals surface area contributed by atoms with Crippen LogP contribution in [0.25, 0.3) is 0 Å². The van der Waals surface area contributed by atoms with Gasteiger partial charge in [0.1, 0.15) is 11.6 Å². The van der Waals surface area contributed by atoms with Gasteiger partial charge in [-0.05, 0) is 51.8 Å². The zero-order valence-electron chi connectivity index (χ0n) is 17.8. The topological polar surface area (TPSA) is 87.7 Å². The first-order valence-electron chi connectivity index (χ1n) is 9.57. The normalized spacial score (nSPS) is 17.3. The maximum Gasteiger partial charge on any atom is 0.408 e. The fraction of sp³-hybridized carbons (Fsp3) is 0.571. The molecule has 1 aromatic carbocycles. The number of anilines is 2. The number of nitrogens with zero attached hydrogens (tertiary/aromatic N) is 1. The molecule has 1 aliphatic rings. The Bertz CT molecular complexity index is 780. The fourth-order valence-corrected chi connectivity index (χ4v) is 2.84. The number of hydrogen-bond acceptors (Lipinski definition) is 4. The molecule has 0 fully saturated rings. The van der Waals surface area contributed by atoms with Crippen LogP contribution < -0.4 is 15.5 Å². The highest BCUT2D eigenvalue weighted by Crippen LogP contribution is 2.34. The molecular formula is C21H31N3O4. The third-order valence-corrected chi connectivity index (χ3v) is 4.78. The predicted molar refractivity (Wildman–Crippen MR) is 109 cm³/mol. The number of alkyl carbamates (subject to hydrolysis) is 1. The van der Waals surface area contributed by atoms with Crippen LogP contribution in [0.5, 0.6) is 0 Å². The first-order chi connectivity index (χ1) is 12.8. The lowest BCUT2D eigenvalue weighted by Crippen LogP contribution is -2.53. The van der Waals surface area contributed by atoms with Gasteiger partial charge in [-0.2, -0.15) is 0 Å². The molecule has 28 heavy (non-hydrogen) atoms. The summed E-state index contributed by atoms with van der Waals surface area (Å²) in [5.74, 6) is -0.491. The zero-order chi connectivity index (χ0) is 21.3. The van der Waals surface area contributed by atoms with Gasteiger partial charge in [0.15, 0.2) is 0 Å². The molecule has 1 atom stereocenters. The molecule has 0 aromatic heterocycles. The van der Waals surface area contributed by atoms with Crippen molar-refractivity contribution in [2.24, 2.45) is 5.41 Å². The van der Waals surface area contributed by atoms with E-state index in [-0.39, 0.29) is 18.4 Å². The molecule has 1 heterocycles. The summed E-state index contributed by atoms with van der Waals surface area (Å²) in [4.78, 5) is 39.8. The van der Waals surface area contributed by atoms with Crippen LogP contribution in [-0.4, -0.2) is 36.1 Å². The molecule has 0 saturated carbocycles. The van der Waals surface area contributed by atoms with E-state index in [0.29, 0.717) is 17.8 Å². The molecule has 7 heteroatoms. The van der Waals surface area contributed by atoms with E-state index in [1.165, 1.54) is 0 Å². The van der Waals surface area contributed by atoms with Gasteiger partial charge >= 0.3 is 6.09 Å². The molecule has 154 valence electrons. The van der Waals surface area contributed by atoms with Gasteiger partial charge in [-0.3, -0.25) is 9.59 Å². The van der Waals surface area contributed by atoms with Crippen molar-refractivity contribution in [2.45, 2.75) is 66.5 Å². The van der Waals surface area contributed by atoms with Crippen molar-refractivity contribution in [3.05, 3.63) is 23.8 Å². The average molecular weight is 389 g/mol. The predicted octanol–water partition coefficient (Wildman–Crippen LogP) is 3.61. The number of carbonyl (C=O) groups excluding carboxylic acids is 3. The summed E-state index contributed by atoms with van der Waals surface area (Å²) in [6.45, 7) is 12.9. The minimum Gasteiger partial charge on any atom is -0.444 e. The van der Waals surface area contributed by atoms with Crippen LogP contribution in [0.3, 0.4) is 0 Å². The van der Waals surface area contributed by atoms with E-state index >= 15 is 0 Å². The highest BCUT2D eigenvalue weighted by molar-refractivity contribution is 6.07. The summed E-state index contributed by atoms with van der Waals surface area (Å²) in [6.07, 6.45) is -0.0494. The Kier molecular flexibility index (Phi) is 6.06. The number of benzene rings is 1. The Labute approximate surface area is 166 Å². The Morgan fingerprint density at radius 1 is 1.25 bits per heavy atom. The highest BCUT2D eigenvalue weighted by atomic mass is 16.6. The van der Waals surface area contributed by atoms with E-state index in [0.717, 1.165) is 5.56 Å². The van der Waals surface area contributed by atoms with Gasteiger partial charge in [0, 0.05) is 5.41 Å². The van der Waals surface area contributed by atoms with Crippen molar-refractivity contribution in [3.8, 4) is 0 Å².